The van der Waals surface area contributed by atoms with Gasteiger partial charge < -0.3 is 14.4 Å². The number of fused-ring (bicyclic) bond motifs is 1. The maximum atomic E-state index is 13.6. The van der Waals surface area contributed by atoms with Crippen LogP contribution in [0.3, 0.4) is 0 Å². The molecule has 1 aromatic carbocycles. The van der Waals surface area contributed by atoms with Crippen molar-refractivity contribution in [1.29, 1.82) is 0 Å². The van der Waals surface area contributed by atoms with Crippen molar-refractivity contribution < 1.29 is 27.8 Å². The molecule has 0 bridgehead atoms. The molecule has 2 atom stereocenters. The SMILES string of the molecule is O=C(O)Oc1cn([C@@H]2C[C@H]2F)c2c(Cl)c(F)c(F)cc2c1=O. The van der Waals surface area contributed by atoms with Crippen LogP contribution in [0.5, 0.6) is 5.75 Å². The van der Waals surface area contributed by atoms with Crippen LogP contribution in [-0.4, -0.2) is 22.0 Å². The average Bonchev–Trinajstić information content (AvgIpc) is 3.16. The van der Waals surface area contributed by atoms with Gasteiger partial charge in [-0.15, -0.1) is 0 Å². The van der Waals surface area contributed by atoms with E-state index in [-0.39, 0.29) is 17.3 Å². The number of rotatable bonds is 2. The number of pyridine rings is 1. The number of hydrogen-bond donors (Lipinski definition) is 1. The van der Waals surface area contributed by atoms with Crippen molar-refractivity contribution >= 4 is 28.7 Å². The maximum absolute atomic E-state index is 13.6. The lowest BCUT2D eigenvalue weighted by Gasteiger charge is -2.14. The first-order chi connectivity index (χ1) is 10.3. The molecule has 22 heavy (non-hydrogen) atoms. The molecule has 0 radical (unpaired) electrons. The van der Waals surface area contributed by atoms with Crippen molar-refractivity contribution in [2.45, 2.75) is 18.6 Å². The quantitative estimate of drug-likeness (QED) is 0.676. The van der Waals surface area contributed by atoms with Gasteiger partial charge in [0.1, 0.15) is 11.2 Å². The number of hydrogen-bond acceptors (Lipinski definition) is 3. The van der Waals surface area contributed by atoms with Gasteiger partial charge in [-0.1, -0.05) is 11.6 Å². The lowest BCUT2D eigenvalue weighted by Crippen LogP contribution is -2.17. The van der Waals surface area contributed by atoms with Crippen molar-refractivity contribution in [3.05, 3.63) is 39.1 Å². The Labute approximate surface area is 125 Å². The fourth-order valence-electron chi connectivity index (χ4n) is 2.26. The van der Waals surface area contributed by atoms with Gasteiger partial charge in [-0.05, 0) is 6.07 Å². The van der Waals surface area contributed by atoms with E-state index in [0.29, 0.717) is 6.07 Å². The summed E-state index contributed by atoms with van der Waals surface area (Å²) in [6, 6.07) is -0.165. The predicted molar refractivity (Wildman–Crippen MR) is 70.3 cm³/mol. The highest BCUT2D eigenvalue weighted by Gasteiger charge is 2.40. The Morgan fingerprint density at radius 2 is 2.09 bits per heavy atom. The van der Waals surface area contributed by atoms with Gasteiger partial charge in [-0.25, -0.2) is 18.0 Å². The molecule has 1 aliphatic carbocycles. The molecule has 0 aliphatic heterocycles. The lowest BCUT2D eigenvalue weighted by atomic mass is 10.1. The van der Waals surface area contributed by atoms with Crippen LogP contribution >= 0.6 is 11.6 Å². The van der Waals surface area contributed by atoms with Gasteiger partial charge in [0.05, 0.1) is 23.1 Å². The molecule has 1 saturated carbocycles. The topological polar surface area (TPSA) is 68.5 Å². The summed E-state index contributed by atoms with van der Waals surface area (Å²) in [6.45, 7) is 0. The second-order valence-electron chi connectivity index (χ2n) is 4.80. The van der Waals surface area contributed by atoms with Crippen molar-refractivity contribution in [2.24, 2.45) is 0 Å². The third-order valence-electron chi connectivity index (χ3n) is 3.36. The van der Waals surface area contributed by atoms with E-state index in [1.54, 1.807) is 0 Å². The number of carbonyl (C=O) groups is 1. The molecular weight excluding hydrogens is 327 g/mol. The Bertz CT molecular complexity index is 867. The Balaban J connectivity index is 2.39. The average molecular weight is 334 g/mol. The van der Waals surface area contributed by atoms with E-state index >= 15 is 0 Å². The molecule has 3 rings (SSSR count). The van der Waals surface area contributed by atoms with E-state index in [2.05, 4.69) is 4.74 Å². The van der Waals surface area contributed by atoms with Gasteiger partial charge >= 0.3 is 6.16 Å². The van der Waals surface area contributed by atoms with E-state index in [1.165, 1.54) is 0 Å². The Hall–Kier alpha value is -2.22. The third kappa shape index (κ3) is 2.19. The number of alkyl halides is 1. The minimum atomic E-state index is -1.76. The van der Waals surface area contributed by atoms with Crippen LogP contribution in [0.25, 0.3) is 10.9 Å². The second kappa shape index (κ2) is 4.91. The standard InChI is InChI=1S/C13H7ClF3NO4/c14-9-10(17)6(16)1-4-11(9)18(7-2-5(7)15)3-8(12(4)19)22-13(20)21/h1,3,5,7H,2H2,(H,20,21)/t5-,7-/m1/s1. The Morgan fingerprint density at radius 1 is 1.45 bits per heavy atom. The molecule has 0 saturated heterocycles. The second-order valence-corrected chi connectivity index (χ2v) is 5.18. The molecule has 1 N–H and O–H groups in total. The van der Waals surface area contributed by atoms with Crippen molar-refractivity contribution in [1.82, 2.24) is 4.57 Å². The summed E-state index contributed by atoms with van der Waals surface area (Å²) in [5.74, 6) is -3.38. The van der Waals surface area contributed by atoms with Crippen molar-refractivity contribution in [2.75, 3.05) is 0 Å². The van der Waals surface area contributed by atoms with Crippen LogP contribution in [0.15, 0.2) is 17.1 Å². The molecule has 5 nitrogen and oxygen atoms in total. The first-order valence-electron chi connectivity index (χ1n) is 6.08. The van der Waals surface area contributed by atoms with Crippen molar-refractivity contribution in [3.8, 4) is 5.75 Å². The smallest absolute Gasteiger partial charge is 0.449 e. The summed E-state index contributed by atoms with van der Waals surface area (Å²) < 4.78 is 45.8. The number of aromatic nitrogens is 1. The number of halogens is 4. The molecule has 0 unspecified atom stereocenters. The zero-order valence-electron chi connectivity index (χ0n) is 10.6. The van der Waals surface area contributed by atoms with Gasteiger partial charge in [0.2, 0.25) is 5.43 Å². The molecule has 0 amide bonds. The minimum Gasteiger partial charge on any atom is -0.449 e. The summed E-state index contributed by atoms with van der Waals surface area (Å²) in [5.41, 5.74) is -1.18. The normalized spacial score (nSPS) is 20.2. The largest absolute Gasteiger partial charge is 0.511 e. The molecule has 116 valence electrons. The van der Waals surface area contributed by atoms with Crippen LogP contribution in [0, 0.1) is 11.6 Å². The van der Waals surface area contributed by atoms with E-state index < -0.39 is 46.2 Å². The molecule has 2 aromatic rings. The molecule has 0 spiro atoms. The highest BCUT2D eigenvalue weighted by molar-refractivity contribution is 6.35. The highest BCUT2D eigenvalue weighted by Crippen LogP contribution is 2.42. The van der Waals surface area contributed by atoms with E-state index in [4.69, 9.17) is 16.7 Å². The van der Waals surface area contributed by atoms with Crippen LogP contribution in [-0.2, 0) is 0 Å². The van der Waals surface area contributed by atoms with E-state index in [1.807, 2.05) is 0 Å². The highest BCUT2D eigenvalue weighted by atomic mass is 35.5. The van der Waals surface area contributed by atoms with Crippen LogP contribution in [0.1, 0.15) is 12.5 Å². The minimum absolute atomic E-state index is 0.0831. The summed E-state index contributed by atoms with van der Waals surface area (Å²) in [7, 11) is 0. The number of nitrogens with zero attached hydrogens (tertiary/aromatic N) is 1. The van der Waals surface area contributed by atoms with Gasteiger partial charge in [-0.3, -0.25) is 4.79 Å². The molecule has 1 fully saturated rings. The Morgan fingerprint density at radius 3 is 2.64 bits per heavy atom. The summed E-state index contributed by atoms with van der Waals surface area (Å²) in [5, 5.41) is 7.55. The summed E-state index contributed by atoms with van der Waals surface area (Å²) >= 11 is 5.73. The van der Waals surface area contributed by atoms with Crippen LogP contribution in [0.4, 0.5) is 18.0 Å². The van der Waals surface area contributed by atoms with Crippen molar-refractivity contribution in [3.63, 3.8) is 0 Å². The number of benzene rings is 1. The lowest BCUT2D eigenvalue weighted by molar-refractivity contribution is 0.143. The number of ether oxygens (including phenoxy) is 1. The van der Waals surface area contributed by atoms with Crippen LogP contribution in [0.2, 0.25) is 5.02 Å². The van der Waals surface area contributed by atoms with E-state index in [0.717, 1.165) is 10.8 Å². The first kappa shape index (κ1) is 14.7. The van der Waals surface area contributed by atoms with Gasteiger partial charge in [0.25, 0.3) is 0 Å². The molecular formula is C13H7ClF3NO4. The fourth-order valence-corrected chi connectivity index (χ4v) is 2.55. The van der Waals surface area contributed by atoms with E-state index in [9.17, 15) is 22.8 Å². The van der Waals surface area contributed by atoms with Gasteiger partial charge in [0.15, 0.2) is 17.4 Å². The molecule has 1 aliphatic rings. The third-order valence-corrected chi connectivity index (χ3v) is 3.70. The van der Waals surface area contributed by atoms with Crippen LogP contribution < -0.4 is 10.2 Å². The molecule has 9 heteroatoms. The summed E-state index contributed by atoms with van der Waals surface area (Å²) in [4.78, 5) is 22.7. The fraction of sp³-hybridized carbons (Fsp3) is 0.231. The van der Waals surface area contributed by atoms with Gasteiger partial charge in [0, 0.05) is 6.42 Å². The Kier molecular flexibility index (Phi) is 3.28. The zero-order chi connectivity index (χ0) is 16.2. The first-order valence-corrected chi connectivity index (χ1v) is 6.46. The molecule has 1 heterocycles. The number of carboxylic acid groups (broad SMARTS) is 1. The maximum Gasteiger partial charge on any atom is 0.511 e. The monoisotopic (exact) mass is 333 g/mol. The molecule has 1 aromatic heterocycles. The zero-order valence-corrected chi connectivity index (χ0v) is 11.4. The summed E-state index contributed by atoms with van der Waals surface area (Å²) in [6.07, 6.45) is -2.00. The van der Waals surface area contributed by atoms with Gasteiger partial charge in [-0.2, -0.15) is 0 Å². The predicted octanol–water partition coefficient (Wildman–Crippen LogP) is 3.27.